The second-order valence-corrected chi connectivity index (χ2v) is 9.62. The molecule has 2 amide bonds. The van der Waals surface area contributed by atoms with Crippen LogP contribution in [0.5, 0.6) is 0 Å². The molecule has 0 aromatic carbocycles. The summed E-state index contributed by atoms with van der Waals surface area (Å²) in [4.78, 5) is 36.5. The van der Waals surface area contributed by atoms with Gasteiger partial charge >= 0.3 is 0 Å². The predicted molar refractivity (Wildman–Crippen MR) is 116 cm³/mol. The lowest BCUT2D eigenvalue weighted by Gasteiger charge is -2.39. The van der Waals surface area contributed by atoms with E-state index in [1.54, 1.807) is 0 Å². The van der Waals surface area contributed by atoms with Crippen molar-refractivity contribution in [1.29, 1.82) is 0 Å². The topological polar surface area (TPSA) is 61.2 Å². The van der Waals surface area contributed by atoms with Crippen LogP contribution < -0.4 is 0 Å². The average Bonchev–Trinajstić information content (AvgIpc) is 3.15. The van der Waals surface area contributed by atoms with Crippen LogP contribution in [0.3, 0.4) is 0 Å². The number of hydrogen-bond donors (Lipinski definition) is 0. The maximum absolute atomic E-state index is 13.0. The molecule has 4 heterocycles. The van der Waals surface area contributed by atoms with Crippen LogP contribution >= 0.6 is 0 Å². The Bertz CT molecular complexity index is 867. The third-order valence-electron chi connectivity index (χ3n) is 6.26. The van der Waals surface area contributed by atoms with E-state index in [1.165, 1.54) is 0 Å². The van der Waals surface area contributed by atoms with Crippen molar-refractivity contribution >= 4 is 17.5 Å². The number of carbonyl (C=O) groups excluding carboxylic acids is 2. The summed E-state index contributed by atoms with van der Waals surface area (Å²) in [6.45, 7) is 11.4. The number of hydrogen-bond acceptors (Lipinski definition) is 4. The number of piperidine rings is 1. The highest BCUT2D eigenvalue weighted by molar-refractivity contribution is 5.82. The number of piperazine rings is 1. The molecule has 0 aliphatic carbocycles. The molecule has 0 bridgehead atoms. The molecule has 2 aromatic rings. The summed E-state index contributed by atoms with van der Waals surface area (Å²) in [5.74, 6) is 0.512. The van der Waals surface area contributed by atoms with Gasteiger partial charge in [-0.15, -0.1) is 0 Å². The number of pyridine rings is 1. The van der Waals surface area contributed by atoms with E-state index < -0.39 is 0 Å². The normalized spacial score (nSPS) is 19.4. The number of rotatable bonds is 3. The Kier molecular flexibility index (Phi) is 5.82. The molecule has 30 heavy (non-hydrogen) atoms. The molecule has 162 valence electrons. The lowest BCUT2D eigenvalue weighted by molar-refractivity contribution is -0.145. The van der Waals surface area contributed by atoms with Crippen LogP contribution in [0.4, 0.5) is 0 Å². The Morgan fingerprint density at radius 1 is 1.00 bits per heavy atom. The first-order chi connectivity index (χ1) is 14.3. The molecule has 2 fully saturated rings. The van der Waals surface area contributed by atoms with Gasteiger partial charge in [-0.3, -0.25) is 14.5 Å². The second-order valence-electron chi connectivity index (χ2n) is 9.62. The van der Waals surface area contributed by atoms with Crippen LogP contribution in [0.1, 0.15) is 39.3 Å². The van der Waals surface area contributed by atoms with E-state index in [4.69, 9.17) is 0 Å². The Hall–Kier alpha value is -2.41. The molecule has 7 nitrogen and oxygen atoms in total. The van der Waals surface area contributed by atoms with Gasteiger partial charge in [0, 0.05) is 69.5 Å². The lowest BCUT2D eigenvalue weighted by Crippen LogP contribution is -2.52. The van der Waals surface area contributed by atoms with Crippen molar-refractivity contribution in [2.45, 2.75) is 40.2 Å². The second kappa shape index (κ2) is 8.38. The number of fused-ring (bicyclic) bond motifs is 1. The van der Waals surface area contributed by atoms with Crippen molar-refractivity contribution in [3.63, 3.8) is 0 Å². The third-order valence-corrected chi connectivity index (χ3v) is 6.26. The Morgan fingerprint density at radius 2 is 1.70 bits per heavy atom. The summed E-state index contributed by atoms with van der Waals surface area (Å²) in [7, 11) is 0. The third kappa shape index (κ3) is 4.51. The SMILES string of the molecule is CC(C)(C)C(=O)N1CCC(C(=O)N2CCN(Cc3cn4ccccc4n3)CC2)CC1. The van der Waals surface area contributed by atoms with Gasteiger partial charge in [0.2, 0.25) is 11.8 Å². The predicted octanol–water partition coefficient (Wildman–Crippen LogP) is 2.26. The number of amides is 2. The van der Waals surface area contributed by atoms with Crippen LogP contribution in [-0.4, -0.2) is 75.2 Å². The highest BCUT2D eigenvalue weighted by Gasteiger charge is 2.34. The van der Waals surface area contributed by atoms with Crippen LogP contribution in [0.25, 0.3) is 5.65 Å². The van der Waals surface area contributed by atoms with Gasteiger partial charge in [0.15, 0.2) is 0 Å². The first kappa shape index (κ1) is 20.8. The quantitative estimate of drug-likeness (QED) is 0.777. The minimum absolute atomic E-state index is 0.0546. The average molecular weight is 412 g/mol. The number of nitrogens with zero attached hydrogens (tertiary/aromatic N) is 5. The van der Waals surface area contributed by atoms with Gasteiger partial charge in [-0.2, -0.15) is 0 Å². The van der Waals surface area contributed by atoms with E-state index in [2.05, 4.69) is 16.1 Å². The summed E-state index contributed by atoms with van der Waals surface area (Å²) in [5.41, 5.74) is 1.68. The van der Waals surface area contributed by atoms with Gasteiger partial charge < -0.3 is 14.2 Å². The number of carbonyl (C=O) groups is 2. The molecule has 4 rings (SSSR count). The first-order valence-corrected chi connectivity index (χ1v) is 11.0. The Balaban J connectivity index is 1.25. The molecule has 2 aliphatic heterocycles. The van der Waals surface area contributed by atoms with Gasteiger partial charge in [-0.25, -0.2) is 4.98 Å². The van der Waals surface area contributed by atoms with Crippen LogP contribution in [0, 0.1) is 11.3 Å². The molecule has 0 N–H and O–H groups in total. The highest BCUT2D eigenvalue weighted by atomic mass is 16.2. The van der Waals surface area contributed by atoms with Crippen LogP contribution in [0.15, 0.2) is 30.6 Å². The number of imidazole rings is 1. The lowest BCUT2D eigenvalue weighted by atomic mass is 9.90. The van der Waals surface area contributed by atoms with E-state index >= 15 is 0 Å². The van der Waals surface area contributed by atoms with Crippen molar-refractivity contribution in [3.05, 3.63) is 36.3 Å². The zero-order chi connectivity index (χ0) is 21.3. The van der Waals surface area contributed by atoms with E-state index in [0.717, 1.165) is 56.9 Å². The van der Waals surface area contributed by atoms with Gasteiger partial charge in [0.05, 0.1) is 5.69 Å². The fourth-order valence-corrected chi connectivity index (χ4v) is 4.48. The van der Waals surface area contributed by atoms with Crippen molar-refractivity contribution in [2.24, 2.45) is 11.3 Å². The van der Waals surface area contributed by atoms with Gasteiger partial charge in [0.1, 0.15) is 5.65 Å². The summed E-state index contributed by atoms with van der Waals surface area (Å²) in [6.07, 6.45) is 5.66. The maximum atomic E-state index is 13.0. The fraction of sp³-hybridized carbons (Fsp3) is 0.609. The zero-order valence-electron chi connectivity index (χ0n) is 18.4. The smallest absolute Gasteiger partial charge is 0.227 e. The van der Waals surface area contributed by atoms with Gasteiger partial charge in [-0.1, -0.05) is 26.8 Å². The standard InChI is InChI=1S/C23H33N5O2/c1-23(2,3)22(30)27-10-7-18(8-11-27)21(29)26-14-12-25(13-15-26)16-19-17-28-9-5-4-6-20(28)24-19/h4-6,9,17-18H,7-8,10-16H2,1-3H3. The fourth-order valence-electron chi connectivity index (χ4n) is 4.48. The summed E-state index contributed by atoms with van der Waals surface area (Å²) >= 11 is 0. The zero-order valence-corrected chi connectivity index (χ0v) is 18.4. The molecule has 0 unspecified atom stereocenters. The summed E-state index contributed by atoms with van der Waals surface area (Å²) in [5, 5.41) is 0. The van der Waals surface area contributed by atoms with E-state index in [1.807, 2.05) is 59.4 Å². The molecule has 0 saturated carbocycles. The minimum Gasteiger partial charge on any atom is -0.342 e. The largest absolute Gasteiger partial charge is 0.342 e. The highest BCUT2D eigenvalue weighted by Crippen LogP contribution is 2.25. The van der Waals surface area contributed by atoms with Crippen molar-refractivity contribution in [2.75, 3.05) is 39.3 Å². The first-order valence-electron chi connectivity index (χ1n) is 11.0. The molecule has 7 heteroatoms. The van der Waals surface area contributed by atoms with Crippen LogP contribution in [0.2, 0.25) is 0 Å². The summed E-state index contributed by atoms with van der Waals surface area (Å²) in [6, 6.07) is 6.02. The summed E-state index contributed by atoms with van der Waals surface area (Å²) < 4.78 is 2.05. The van der Waals surface area contributed by atoms with Crippen LogP contribution in [-0.2, 0) is 16.1 Å². The molecule has 2 aromatic heterocycles. The monoisotopic (exact) mass is 411 g/mol. The van der Waals surface area contributed by atoms with Gasteiger partial charge in [-0.05, 0) is 25.0 Å². The number of aromatic nitrogens is 2. The van der Waals surface area contributed by atoms with E-state index in [0.29, 0.717) is 13.1 Å². The molecule has 0 spiro atoms. The Morgan fingerprint density at radius 3 is 2.33 bits per heavy atom. The van der Waals surface area contributed by atoms with Crippen molar-refractivity contribution in [3.8, 4) is 0 Å². The maximum Gasteiger partial charge on any atom is 0.227 e. The molecule has 2 aliphatic rings. The van der Waals surface area contributed by atoms with Crippen molar-refractivity contribution < 1.29 is 9.59 Å². The molecule has 0 atom stereocenters. The molecular weight excluding hydrogens is 378 g/mol. The molecular formula is C23H33N5O2. The van der Waals surface area contributed by atoms with Crippen molar-refractivity contribution in [1.82, 2.24) is 24.1 Å². The van der Waals surface area contributed by atoms with E-state index in [9.17, 15) is 9.59 Å². The van der Waals surface area contributed by atoms with E-state index in [-0.39, 0.29) is 23.1 Å². The minimum atomic E-state index is -0.353. The molecule has 0 radical (unpaired) electrons. The van der Waals surface area contributed by atoms with Gasteiger partial charge in [0.25, 0.3) is 0 Å². The molecule has 2 saturated heterocycles. The Labute approximate surface area is 178 Å². The number of likely N-dealkylation sites (tertiary alicyclic amines) is 1.